The maximum atomic E-state index is 11.3. The first-order valence-electron chi connectivity index (χ1n) is 5.82. The third kappa shape index (κ3) is 1.47. The molecule has 2 aromatic carbocycles. The Kier molecular flexibility index (Phi) is 2.00. The number of fused-ring (bicyclic) bond motifs is 3. The number of benzene rings is 2. The van der Waals surface area contributed by atoms with Gasteiger partial charge in [-0.05, 0) is 18.2 Å². The van der Waals surface area contributed by atoms with E-state index >= 15 is 0 Å². The topological polar surface area (TPSA) is 61.5 Å². The summed E-state index contributed by atoms with van der Waals surface area (Å²) in [5.74, 6) is 0. The number of hydrogen-bond acceptors (Lipinski definition) is 2. The molecule has 5 heteroatoms. The third-order valence-corrected chi connectivity index (χ3v) is 3.66. The molecule has 2 N–H and O–H groups in total. The van der Waals surface area contributed by atoms with Gasteiger partial charge in [0.05, 0.1) is 27.1 Å². The predicted octanol–water partition coefficient (Wildman–Crippen LogP) is 3.21. The van der Waals surface area contributed by atoms with Crippen molar-refractivity contribution in [3.8, 4) is 0 Å². The fourth-order valence-corrected chi connectivity index (χ4v) is 2.68. The molecule has 0 spiro atoms. The minimum Gasteiger partial charge on any atom is -0.306 e. The van der Waals surface area contributed by atoms with E-state index in [1.807, 2.05) is 36.4 Å². The zero-order chi connectivity index (χ0) is 13.0. The summed E-state index contributed by atoms with van der Waals surface area (Å²) in [4.78, 5) is 21.4. The molecule has 4 rings (SSSR count). The normalized spacial score (nSPS) is 11.6. The molecule has 0 saturated heterocycles. The summed E-state index contributed by atoms with van der Waals surface area (Å²) in [5, 5.41) is 2.40. The van der Waals surface area contributed by atoms with Crippen molar-refractivity contribution in [2.45, 2.75) is 0 Å². The van der Waals surface area contributed by atoms with Crippen LogP contribution in [0.25, 0.3) is 32.8 Å². The monoisotopic (exact) mass is 269 g/mol. The lowest BCUT2D eigenvalue weighted by molar-refractivity contribution is 1.22. The molecule has 4 aromatic rings. The quantitative estimate of drug-likeness (QED) is 0.482. The summed E-state index contributed by atoms with van der Waals surface area (Å²) in [7, 11) is 0. The molecule has 0 bridgehead atoms. The van der Waals surface area contributed by atoms with Crippen LogP contribution in [0.2, 0.25) is 5.02 Å². The number of H-pyrrole nitrogens is 2. The molecular formula is C14H8ClN3O. The molecule has 0 radical (unpaired) electrons. The summed E-state index contributed by atoms with van der Waals surface area (Å²) in [6.07, 6.45) is 0. The fourth-order valence-electron chi connectivity index (χ4n) is 2.37. The largest absolute Gasteiger partial charge is 0.323 e. The summed E-state index contributed by atoms with van der Waals surface area (Å²) in [5.41, 5.74) is 2.85. The Bertz CT molecular complexity index is 1000. The summed E-state index contributed by atoms with van der Waals surface area (Å²) in [6, 6.07) is 11.4. The van der Waals surface area contributed by atoms with E-state index in [0.29, 0.717) is 5.02 Å². The molecule has 0 aliphatic carbocycles. The van der Waals surface area contributed by atoms with E-state index in [-0.39, 0.29) is 5.69 Å². The first-order valence-corrected chi connectivity index (χ1v) is 6.20. The van der Waals surface area contributed by atoms with E-state index in [9.17, 15) is 4.79 Å². The number of rotatable bonds is 0. The van der Waals surface area contributed by atoms with Crippen LogP contribution < -0.4 is 5.69 Å². The molecule has 0 fully saturated rings. The maximum Gasteiger partial charge on any atom is 0.323 e. The van der Waals surface area contributed by atoms with Crippen molar-refractivity contribution in [3.05, 3.63) is 51.9 Å². The van der Waals surface area contributed by atoms with E-state index in [4.69, 9.17) is 11.6 Å². The molecule has 0 amide bonds. The molecular weight excluding hydrogens is 262 g/mol. The number of imidazole rings is 1. The average molecular weight is 270 g/mol. The van der Waals surface area contributed by atoms with Crippen molar-refractivity contribution in [2.24, 2.45) is 0 Å². The Balaban J connectivity index is 2.28. The van der Waals surface area contributed by atoms with E-state index in [1.54, 1.807) is 0 Å². The standard InChI is InChI=1S/C14H8ClN3O/c15-13-7-3-1-2-4-9(7)16-10-6-12-11(5-8(10)13)17-14(19)18-12/h1-6H,(H2,17,18,19). The molecule has 0 unspecified atom stereocenters. The van der Waals surface area contributed by atoms with Crippen molar-refractivity contribution in [3.63, 3.8) is 0 Å². The van der Waals surface area contributed by atoms with Crippen LogP contribution in [0, 0.1) is 0 Å². The van der Waals surface area contributed by atoms with Crippen LogP contribution in [0.15, 0.2) is 41.2 Å². The van der Waals surface area contributed by atoms with Crippen molar-refractivity contribution in [1.29, 1.82) is 0 Å². The van der Waals surface area contributed by atoms with Gasteiger partial charge in [0, 0.05) is 10.8 Å². The van der Waals surface area contributed by atoms with Crippen LogP contribution in [0.5, 0.6) is 0 Å². The van der Waals surface area contributed by atoms with Crippen LogP contribution >= 0.6 is 11.6 Å². The molecule has 2 heterocycles. The molecule has 4 nitrogen and oxygen atoms in total. The summed E-state index contributed by atoms with van der Waals surface area (Å²) < 4.78 is 0. The van der Waals surface area contributed by atoms with Gasteiger partial charge in [0.15, 0.2) is 0 Å². The maximum absolute atomic E-state index is 11.3. The Morgan fingerprint density at radius 1 is 0.947 bits per heavy atom. The van der Waals surface area contributed by atoms with Gasteiger partial charge in [-0.1, -0.05) is 29.8 Å². The van der Waals surface area contributed by atoms with Crippen molar-refractivity contribution >= 4 is 44.4 Å². The van der Waals surface area contributed by atoms with Crippen molar-refractivity contribution < 1.29 is 0 Å². The van der Waals surface area contributed by atoms with E-state index in [2.05, 4.69) is 15.0 Å². The molecule has 92 valence electrons. The second kappa shape index (κ2) is 3.59. The number of nitrogens with zero attached hydrogens (tertiary/aromatic N) is 1. The second-order valence-electron chi connectivity index (χ2n) is 4.44. The van der Waals surface area contributed by atoms with E-state index in [1.165, 1.54) is 0 Å². The Morgan fingerprint density at radius 3 is 2.53 bits per heavy atom. The van der Waals surface area contributed by atoms with Gasteiger partial charge in [0.2, 0.25) is 0 Å². The second-order valence-corrected chi connectivity index (χ2v) is 4.81. The molecule has 0 atom stereocenters. The van der Waals surface area contributed by atoms with Gasteiger partial charge in [-0.15, -0.1) is 0 Å². The van der Waals surface area contributed by atoms with Crippen LogP contribution in [-0.2, 0) is 0 Å². The Hall–Kier alpha value is -2.33. The van der Waals surface area contributed by atoms with Gasteiger partial charge in [-0.3, -0.25) is 0 Å². The van der Waals surface area contributed by atoms with Crippen molar-refractivity contribution in [1.82, 2.24) is 15.0 Å². The van der Waals surface area contributed by atoms with Crippen LogP contribution in [0.1, 0.15) is 0 Å². The molecule has 0 aliphatic rings. The van der Waals surface area contributed by atoms with Crippen LogP contribution in [0.3, 0.4) is 0 Å². The minimum absolute atomic E-state index is 0.231. The zero-order valence-corrected chi connectivity index (χ0v) is 10.5. The van der Waals surface area contributed by atoms with E-state index in [0.717, 1.165) is 32.8 Å². The van der Waals surface area contributed by atoms with Gasteiger partial charge >= 0.3 is 5.69 Å². The average Bonchev–Trinajstić information content (AvgIpc) is 2.76. The van der Waals surface area contributed by atoms with Crippen LogP contribution in [0.4, 0.5) is 0 Å². The van der Waals surface area contributed by atoms with Crippen LogP contribution in [-0.4, -0.2) is 15.0 Å². The number of nitrogens with one attached hydrogen (secondary N) is 2. The van der Waals surface area contributed by atoms with Gasteiger partial charge in [-0.2, -0.15) is 0 Å². The van der Waals surface area contributed by atoms with E-state index < -0.39 is 0 Å². The SMILES string of the molecule is O=c1[nH]c2cc3nc4ccccc4c(Cl)c3cc2[nH]1. The van der Waals surface area contributed by atoms with Gasteiger partial charge < -0.3 is 9.97 Å². The van der Waals surface area contributed by atoms with Gasteiger partial charge in [0.1, 0.15) is 0 Å². The highest BCUT2D eigenvalue weighted by molar-refractivity contribution is 6.40. The first kappa shape index (κ1) is 10.6. The smallest absolute Gasteiger partial charge is 0.306 e. The number of para-hydroxylation sites is 1. The molecule has 0 aliphatic heterocycles. The zero-order valence-electron chi connectivity index (χ0n) is 9.70. The number of hydrogen-bond donors (Lipinski definition) is 2. The highest BCUT2D eigenvalue weighted by Gasteiger charge is 2.09. The number of aromatic nitrogens is 3. The highest BCUT2D eigenvalue weighted by Crippen LogP contribution is 2.31. The third-order valence-electron chi connectivity index (χ3n) is 3.25. The lowest BCUT2D eigenvalue weighted by Gasteiger charge is -2.05. The molecule has 19 heavy (non-hydrogen) atoms. The van der Waals surface area contributed by atoms with Gasteiger partial charge in [-0.25, -0.2) is 9.78 Å². The van der Waals surface area contributed by atoms with Gasteiger partial charge in [0.25, 0.3) is 0 Å². The predicted molar refractivity (Wildman–Crippen MR) is 76.7 cm³/mol. The number of pyridine rings is 1. The lowest BCUT2D eigenvalue weighted by atomic mass is 10.1. The Morgan fingerprint density at radius 2 is 1.68 bits per heavy atom. The lowest BCUT2D eigenvalue weighted by Crippen LogP contribution is -1.99. The Labute approximate surface area is 112 Å². The minimum atomic E-state index is -0.231. The number of aromatic amines is 2. The molecule has 0 saturated carbocycles. The number of halogens is 1. The fraction of sp³-hybridized carbons (Fsp3) is 0. The highest BCUT2D eigenvalue weighted by atomic mass is 35.5. The first-order chi connectivity index (χ1) is 9.22. The van der Waals surface area contributed by atoms with Crippen molar-refractivity contribution in [2.75, 3.05) is 0 Å². The molecule has 2 aromatic heterocycles. The summed E-state index contributed by atoms with van der Waals surface area (Å²) >= 11 is 6.44. The summed E-state index contributed by atoms with van der Waals surface area (Å²) in [6.45, 7) is 0.